The van der Waals surface area contributed by atoms with Gasteiger partial charge in [-0.1, -0.05) is 23.7 Å². The van der Waals surface area contributed by atoms with Gasteiger partial charge in [-0.05, 0) is 87.0 Å². The van der Waals surface area contributed by atoms with Crippen LogP contribution in [-0.4, -0.2) is 63.1 Å². The van der Waals surface area contributed by atoms with Crippen LogP contribution < -0.4 is 15.0 Å². The third-order valence-corrected chi connectivity index (χ3v) is 11.2. The van der Waals surface area contributed by atoms with Gasteiger partial charge in [0.1, 0.15) is 28.8 Å². The van der Waals surface area contributed by atoms with Crippen LogP contribution in [0.1, 0.15) is 87.0 Å². The molecule has 5 aromatic rings. The molecular formula is C44H40ClF5N6O5. The number of aromatic nitrogens is 2. The minimum Gasteiger partial charge on any atom is -0.497 e. The Balaban J connectivity index is 1.21. The molecule has 4 heterocycles. The Morgan fingerprint density at radius 3 is 2.38 bits per heavy atom. The van der Waals surface area contributed by atoms with Gasteiger partial charge in [-0.2, -0.15) is 13.2 Å². The highest BCUT2D eigenvalue weighted by molar-refractivity contribution is 6.31. The fraction of sp³-hybridized carbons (Fsp3) is 0.318. The van der Waals surface area contributed by atoms with E-state index in [1.807, 2.05) is 4.90 Å². The fourth-order valence-electron chi connectivity index (χ4n) is 8.10. The van der Waals surface area contributed by atoms with Gasteiger partial charge < -0.3 is 29.2 Å². The number of hydrogen-bond donors (Lipinski definition) is 1. The lowest BCUT2D eigenvalue weighted by Crippen LogP contribution is -2.42. The number of methoxy groups -OCH3 is 1. The maximum Gasteiger partial charge on any atom is 0.416 e. The predicted octanol–water partition coefficient (Wildman–Crippen LogP) is 9.15. The molecule has 0 spiro atoms. The van der Waals surface area contributed by atoms with Crippen molar-refractivity contribution < 1.29 is 45.8 Å². The highest BCUT2D eigenvalue weighted by Crippen LogP contribution is 2.48. The Labute approximate surface area is 352 Å². The van der Waals surface area contributed by atoms with Crippen LogP contribution in [0.2, 0.25) is 5.02 Å². The first kappa shape index (κ1) is 41.6. The molecule has 0 fully saturated rings. The Morgan fingerprint density at radius 1 is 0.918 bits per heavy atom. The highest BCUT2D eigenvalue weighted by atomic mass is 35.5. The van der Waals surface area contributed by atoms with E-state index in [9.17, 15) is 31.9 Å². The summed E-state index contributed by atoms with van der Waals surface area (Å²) in [5.41, 5.74) is 0.824. The van der Waals surface area contributed by atoms with Crippen molar-refractivity contribution in [2.75, 3.05) is 30.4 Å². The summed E-state index contributed by atoms with van der Waals surface area (Å²) in [6.45, 7) is 7.32. The molecule has 1 atom stereocenters. The van der Waals surface area contributed by atoms with E-state index >= 15 is 4.39 Å². The fourth-order valence-corrected chi connectivity index (χ4v) is 8.32. The molecular weight excluding hydrogens is 823 g/mol. The number of ether oxygens (including phenoxy) is 2. The second-order valence-electron chi connectivity index (χ2n) is 16.1. The Morgan fingerprint density at radius 2 is 1.67 bits per heavy atom. The minimum atomic E-state index is -4.95. The molecule has 0 bridgehead atoms. The van der Waals surface area contributed by atoms with Crippen LogP contribution in [-0.2, 0) is 43.5 Å². The van der Waals surface area contributed by atoms with E-state index < -0.39 is 58.5 Å². The topological polar surface area (TPSA) is 109 Å². The van der Waals surface area contributed by atoms with E-state index in [4.69, 9.17) is 26.1 Å². The first-order chi connectivity index (χ1) is 28.9. The van der Waals surface area contributed by atoms with Gasteiger partial charge in [0, 0.05) is 76.9 Å². The van der Waals surface area contributed by atoms with Gasteiger partial charge in [0.25, 0.3) is 11.8 Å². The van der Waals surface area contributed by atoms with Crippen molar-refractivity contribution >= 4 is 40.9 Å². The molecule has 1 unspecified atom stereocenters. The van der Waals surface area contributed by atoms with Gasteiger partial charge in [-0.3, -0.25) is 14.5 Å². The average molecular weight is 863 g/mol. The standard InChI is InChI=1S/C44H40ClF5N6O5/c1-43(2,3)61-42(59)54-13-14-55-36-11-12-53(22-35(36)51-37(55)23-54)29-19-32-38(34(20-29)52-40(57)25-15-26(44(48,49)50)17-28(47)16-25)39(31-18-27(46)7-10-33(31)45)56(41(32)58)21-24-5-8-30(60-4)9-6-24/h5-10,15-20,39H,11-14,21-23H2,1-4H3,(H,52,57). The predicted molar refractivity (Wildman–Crippen MR) is 216 cm³/mol. The van der Waals surface area contributed by atoms with Crippen LogP contribution in [0.4, 0.5) is 38.1 Å². The number of imidazole rings is 1. The van der Waals surface area contributed by atoms with Gasteiger partial charge >= 0.3 is 12.3 Å². The van der Waals surface area contributed by atoms with Crippen molar-refractivity contribution in [1.29, 1.82) is 0 Å². The second kappa shape index (κ2) is 15.7. The first-order valence-corrected chi connectivity index (χ1v) is 19.8. The number of benzene rings is 4. The number of alkyl halides is 3. The van der Waals surface area contributed by atoms with Crippen LogP contribution in [0.15, 0.2) is 72.8 Å². The molecule has 4 aromatic carbocycles. The van der Waals surface area contributed by atoms with E-state index in [1.165, 1.54) is 30.2 Å². The Hall–Kier alpha value is -6.16. The molecule has 0 saturated heterocycles. The molecule has 1 N–H and O–H groups in total. The number of halogens is 6. The number of fused-ring (bicyclic) bond motifs is 4. The molecule has 0 aliphatic carbocycles. The summed E-state index contributed by atoms with van der Waals surface area (Å²) in [5, 5.41) is 2.80. The normalized spacial score (nSPS) is 16.3. The van der Waals surface area contributed by atoms with E-state index in [1.54, 1.807) is 62.1 Å². The summed E-state index contributed by atoms with van der Waals surface area (Å²) in [6.07, 6.45) is -4.85. The van der Waals surface area contributed by atoms with Crippen LogP contribution in [0.25, 0.3) is 0 Å². The lowest BCUT2D eigenvalue weighted by molar-refractivity contribution is -0.137. The number of carbonyl (C=O) groups excluding carboxylic acids is 3. The molecule has 0 radical (unpaired) electrons. The Bertz CT molecular complexity index is 2570. The summed E-state index contributed by atoms with van der Waals surface area (Å²) in [7, 11) is 1.52. The quantitative estimate of drug-likeness (QED) is 0.163. The molecule has 318 valence electrons. The molecule has 61 heavy (non-hydrogen) atoms. The lowest BCUT2D eigenvalue weighted by Gasteiger charge is -2.32. The minimum absolute atomic E-state index is 0.00414. The highest BCUT2D eigenvalue weighted by Gasteiger charge is 2.42. The second-order valence-corrected chi connectivity index (χ2v) is 16.5. The zero-order valence-electron chi connectivity index (χ0n) is 33.5. The third kappa shape index (κ3) is 8.32. The zero-order valence-corrected chi connectivity index (χ0v) is 34.3. The number of anilines is 2. The molecule has 1 aromatic heterocycles. The maximum atomic E-state index is 15.0. The van der Waals surface area contributed by atoms with Crippen molar-refractivity contribution in [2.45, 2.75) is 71.2 Å². The molecule has 11 nitrogen and oxygen atoms in total. The Kier molecular flexibility index (Phi) is 10.7. The van der Waals surface area contributed by atoms with Crippen molar-refractivity contribution in [1.82, 2.24) is 19.4 Å². The summed E-state index contributed by atoms with van der Waals surface area (Å²) in [5.74, 6) is -2.22. The van der Waals surface area contributed by atoms with E-state index in [0.29, 0.717) is 67.1 Å². The molecule has 0 saturated carbocycles. The zero-order chi connectivity index (χ0) is 43.5. The molecule has 17 heteroatoms. The number of hydrogen-bond acceptors (Lipinski definition) is 7. The molecule has 3 aliphatic heterocycles. The maximum absolute atomic E-state index is 15.0. The van der Waals surface area contributed by atoms with Crippen molar-refractivity contribution in [3.8, 4) is 5.75 Å². The number of nitrogens with one attached hydrogen (secondary N) is 1. The summed E-state index contributed by atoms with van der Waals surface area (Å²) < 4.78 is 83.9. The SMILES string of the molecule is COc1ccc(CN2C(=O)c3cc(N4CCc5c(nc6n5CCN(C(=O)OC(C)(C)C)C6)C4)cc(NC(=O)c4cc(F)cc(C(F)(F)F)c4)c3C2c2cc(F)ccc2Cl)cc1. The van der Waals surface area contributed by atoms with Crippen LogP contribution in [0.5, 0.6) is 5.75 Å². The average Bonchev–Trinajstić information content (AvgIpc) is 3.71. The van der Waals surface area contributed by atoms with Crippen LogP contribution in [0, 0.1) is 11.6 Å². The monoisotopic (exact) mass is 862 g/mol. The number of rotatable bonds is 7. The van der Waals surface area contributed by atoms with Crippen molar-refractivity contribution in [3.63, 3.8) is 0 Å². The third-order valence-electron chi connectivity index (χ3n) is 10.9. The van der Waals surface area contributed by atoms with Gasteiger partial charge in [-0.25, -0.2) is 18.6 Å². The van der Waals surface area contributed by atoms with E-state index in [-0.39, 0.29) is 47.0 Å². The van der Waals surface area contributed by atoms with Crippen molar-refractivity contribution in [2.24, 2.45) is 0 Å². The van der Waals surface area contributed by atoms with Gasteiger partial charge in [-0.15, -0.1) is 0 Å². The van der Waals surface area contributed by atoms with Crippen LogP contribution >= 0.6 is 11.6 Å². The van der Waals surface area contributed by atoms with Gasteiger partial charge in [0.05, 0.1) is 37.5 Å². The number of amides is 3. The lowest BCUT2D eigenvalue weighted by atomic mass is 9.94. The van der Waals surface area contributed by atoms with Crippen LogP contribution in [0.3, 0.4) is 0 Å². The molecule has 3 amide bonds. The molecule has 8 rings (SSSR count). The van der Waals surface area contributed by atoms with E-state index in [0.717, 1.165) is 11.4 Å². The summed E-state index contributed by atoms with van der Waals surface area (Å²) in [4.78, 5) is 51.5. The number of nitrogens with zero attached hydrogens (tertiary/aromatic N) is 5. The smallest absolute Gasteiger partial charge is 0.416 e. The van der Waals surface area contributed by atoms with Gasteiger partial charge in [0.15, 0.2) is 0 Å². The van der Waals surface area contributed by atoms with Crippen molar-refractivity contribution in [3.05, 3.63) is 140 Å². The largest absolute Gasteiger partial charge is 0.497 e. The molecule has 3 aliphatic rings. The van der Waals surface area contributed by atoms with Gasteiger partial charge in [0.2, 0.25) is 0 Å². The summed E-state index contributed by atoms with van der Waals surface area (Å²) >= 11 is 6.73. The number of carbonyl (C=O) groups is 3. The van der Waals surface area contributed by atoms with E-state index in [2.05, 4.69) is 9.88 Å². The summed E-state index contributed by atoms with van der Waals surface area (Å²) in [6, 6.07) is 14.4. The first-order valence-electron chi connectivity index (χ1n) is 19.4.